The maximum absolute atomic E-state index is 10.7. The van der Waals surface area contributed by atoms with Crippen LogP contribution in [0.5, 0.6) is 0 Å². The monoisotopic (exact) mass is 142 g/mol. The standard InChI is InChI=1S/C6H7O2P/c1-3-5-9(7,8)6-4-2/h1-2H,5-6H2,(H,7,8). The van der Waals surface area contributed by atoms with Crippen LogP contribution in [-0.2, 0) is 4.57 Å². The molecule has 3 heteroatoms. The van der Waals surface area contributed by atoms with Crippen molar-refractivity contribution in [1.82, 2.24) is 0 Å². The second-order valence-electron chi connectivity index (χ2n) is 1.57. The Balaban J connectivity index is 3.95. The third kappa shape index (κ3) is 3.86. The van der Waals surface area contributed by atoms with Crippen LogP contribution in [0.3, 0.4) is 0 Å². The third-order valence-electron chi connectivity index (χ3n) is 0.677. The van der Waals surface area contributed by atoms with Gasteiger partial charge in [-0.3, -0.25) is 4.57 Å². The SMILES string of the molecule is C#CCP(=O)(O)CC#C. The third-order valence-corrected chi connectivity index (χ3v) is 2.03. The Morgan fingerprint density at radius 2 is 1.67 bits per heavy atom. The molecule has 1 N–H and O–H groups in total. The predicted octanol–water partition coefficient (Wildman–Crippen LogP) is 0.523. The number of hydrogen-bond donors (Lipinski definition) is 1. The van der Waals surface area contributed by atoms with Gasteiger partial charge in [0.15, 0.2) is 0 Å². The van der Waals surface area contributed by atoms with E-state index in [4.69, 9.17) is 17.7 Å². The second kappa shape index (κ2) is 3.36. The molecule has 0 heterocycles. The van der Waals surface area contributed by atoms with Crippen LogP contribution in [0.1, 0.15) is 0 Å². The van der Waals surface area contributed by atoms with Gasteiger partial charge in [0.25, 0.3) is 0 Å². The first kappa shape index (κ1) is 8.31. The fourth-order valence-corrected chi connectivity index (χ4v) is 1.02. The van der Waals surface area contributed by atoms with E-state index in [1.54, 1.807) is 0 Å². The molecule has 0 amide bonds. The first-order valence-electron chi connectivity index (χ1n) is 2.30. The molecule has 0 rings (SSSR count). The highest BCUT2D eigenvalue weighted by molar-refractivity contribution is 7.58. The van der Waals surface area contributed by atoms with Crippen molar-refractivity contribution in [2.75, 3.05) is 12.3 Å². The van der Waals surface area contributed by atoms with Crippen LogP contribution in [0.2, 0.25) is 0 Å². The van der Waals surface area contributed by atoms with E-state index in [0.29, 0.717) is 0 Å². The molecular formula is C6H7O2P. The molecule has 0 saturated heterocycles. The van der Waals surface area contributed by atoms with Gasteiger partial charge in [0, 0.05) is 0 Å². The summed E-state index contributed by atoms with van der Waals surface area (Å²) >= 11 is 0. The van der Waals surface area contributed by atoms with E-state index in [1.165, 1.54) is 0 Å². The maximum atomic E-state index is 10.7. The molecule has 0 aromatic heterocycles. The minimum atomic E-state index is -3.16. The highest BCUT2D eigenvalue weighted by Gasteiger charge is 2.13. The Morgan fingerprint density at radius 1 is 1.33 bits per heavy atom. The first-order valence-corrected chi connectivity index (χ1v) is 4.33. The van der Waals surface area contributed by atoms with Crippen molar-refractivity contribution in [1.29, 1.82) is 0 Å². The van der Waals surface area contributed by atoms with E-state index in [1.807, 2.05) is 0 Å². The maximum Gasteiger partial charge on any atom is 0.223 e. The van der Waals surface area contributed by atoms with Gasteiger partial charge in [-0.15, -0.1) is 12.8 Å². The van der Waals surface area contributed by atoms with Crippen LogP contribution in [0.15, 0.2) is 0 Å². The molecule has 0 radical (unpaired) electrons. The lowest BCUT2D eigenvalue weighted by Crippen LogP contribution is -1.88. The van der Waals surface area contributed by atoms with Crippen LogP contribution in [0.25, 0.3) is 0 Å². The molecule has 0 atom stereocenters. The quantitative estimate of drug-likeness (QED) is 0.451. The minimum absolute atomic E-state index is 0.128. The fourth-order valence-electron chi connectivity index (χ4n) is 0.341. The summed E-state index contributed by atoms with van der Waals surface area (Å²) in [5, 5.41) is 0. The zero-order valence-electron chi connectivity index (χ0n) is 4.87. The van der Waals surface area contributed by atoms with Crippen LogP contribution >= 0.6 is 7.37 Å². The van der Waals surface area contributed by atoms with Crippen LogP contribution < -0.4 is 0 Å². The van der Waals surface area contributed by atoms with E-state index in [0.717, 1.165) is 0 Å². The van der Waals surface area contributed by atoms with E-state index < -0.39 is 7.37 Å². The van der Waals surface area contributed by atoms with Gasteiger partial charge in [-0.2, -0.15) is 0 Å². The Labute approximate surface area is 54.7 Å². The van der Waals surface area contributed by atoms with Crippen LogP contribution in [0, 0.1) is 24.7 Å². The van der Waals surface area contributed by atoms with Crippen molar-refractivity contribution in [3.63, 3.8) is 0 Å². The highest BCUT2D eigenvalue weighted by Crippen LogP contribution is 2.38. The van der Waals surface area contributed by atoms with E-state index in [9.17, 15) is 4.57 Å². The van der Waals surface area contributed by atoms with Crippen LogP contribution in [0.4, 0.5) is 0 Å². The molecule has 0 bridgehead atoms. The Kier molecular flexibility index (Phi) is 3.10. The molecule has 0 spiro atoms. The summed E-state index contributed by atoms with van der Waals surface area (Å²) in [5.74, 6) is 4.17. The highest BCUT2D eigenvalue weighted by atomic mass is 31.2. The van der Waals surface area contributed by atoms with Crippen molar-refractivity contribution in [2.45, 2.75) is 0 Å². The molecule has 0 aromatic rings. The van der Waals surface area contributed by atoms with Gasteiger partial charge < -0.3 is 4.89 Å². The van der Waals surface area contributed by atoms with E-state index in [-0.39, 0.29) is 12.3 Å². The Hall–Kier alpha value is -0.690. The van der Waals surface area contributed by atoms with Gasteiger partial charge in [0.1, 0.15) is 0 Å². The lowest BCUT2D eigenvalue weighted by atomic mass is 10.8. The molecular weight excluding hydrogens is 135 g/mol. The smallest absolute Gasteiger partial charge is 0.223 e. The van der Waals surface area contributed by atoms with Gasteiger partial charge in [-0.25, -0.2) is 0 Å². The molecule has 0 aliphatic rings. The lowest BCUT2D eigenvalue weighted by Gasteiger charge is -2.00. The Bertz CT molecular complexity index is 186. The van der Waals surface area contributed by atoms with Gasteiger partial charge >= 0.3 is 0 Å². The number of rotatable bonds is 2. The summed E-state index contributed by atoms with van der Waals surface area (Å²) < 4.78 is 10.7. The first-order chi connectivity index (χ1) is 4.12. The van der Waals surface area contributed by atoms with Crippen molar-refractivity contribution in [3.05, 3.63) is 0 Å². The minimum Gasteiger partial charge on any atom is -0.343 e. The average Bonchev–Trinajstić information content (AvgIpc) is 1.64. The summed E-state index contributed by atoms with van der Waals surface area (Å²) in [4.78, 5) is 8.78. The lowest BCUT2D eigenvalue weighted by molar-refractivity contribution is 0.486. The van der Waals surface area contributed by atoms with Gasteiger partial charge in [0.2, 0.25) is 7.37 Å². The van der Waals surface area contributed by atoms with Gasteiger partial charge in [-0.05, 0) is 0 Å². The summed E-state index contributed by atoms with van der Waals surface area (Å²) in [7, 11) is -3.16. The van der Waals surface area contributed by atoms with E-state index >= 15 is 0 Å². The molecule has 2 nitrogen and oxygen atoms in total. The largest absolute Gasteiger partial charge is 0.343 e. The molecule has 48 valence electrons. The molecule has 0 unspecified atom stereocenters. The summed E-state index contributed by atoms with van der Waals surface area (Å²) in [5.41, 5.74) is 0. The molecule has 0 saturated carbocycles. The van der Waals surface area contributed by atoms with Crippen molar-refractivity contribution < 1.29 is 9.46 Å². The fraction of sp³-hybridized carbons (Fsp3) is 0.333. The van der Waals surface area contributed by atoms with Crippen molar-refractivity contribution >= 4 is 7.37 Å². The normalized spacial score (nSPS) is 9.67. The van der Waals surface area contributed by atoms with Gasteiger partial charge in [0.05, 0.1) is 12.3 Å². The molecule has 0 aliphatic heterocycles. The molecule has 9 heavy (non-hydrogen) atoms. The predicted molar refractivity (Wildman–Crippen MR) is 37.2 cm³/mol. The zero-order valence-corrected chi connectivity index (χ0v) is 5.77. The average molecular weight is 142 g/mol. The van der Waals surface area contributed by atoms with Crippen molar-refractivity contribution in [3.8, 4) is 24.7 Å². The van der Waals surface area contributed by atoms with E-state index in [2.05, 4.69) is 11.8 Å². The van der Waals surface area contributed by atoms with Crippen LogP contribution in [-0.4, -0.2) is 17.2 Å². The zero-order chi connectivity index (χ0) is 7.33. The molecule has 0 aromatic carbocycles. The summed E-state index contributed by atoms with van der Waals surface area (Å²) in [6.45, 7) is 0. The topological polar surface area (TPSA) is 37.3 Å². The summed E-state index contributed by atoms with van der Waals surface area (Å²) in [6, 6.07) is 0. The van der Waals surface area contributed by atoms with Crippen molar-refractivity contribution in [2.24, 2.45) is 0 Å². The van der Waals surface area contributed by atoms with Gasteiger partial charge in [-0.1, -0.05) is 11.8 Å². The Morgan fingerprint density at radius 3 is 1.89 bits per heavy atom. The number of terminal acetylenes is 2. The number of hydrogen-bond acceptors (Lipinski definition) is 1. The molecule has 0 fully saturated rings. The molecule has 0 aliphatic carbocycles. The summed E-state index contributed by atoms with van der Waals surface area (Å²) in [6.07, 6.45) is 9.33. The second-order valence-corrected chi connectivity index (χ2v) is 3.90.